The van der Waals surface area contributed by atoms with Crippen molar-refractivity contribution in [2.45, 2.75) is 25.5 Å². The summed E-state index contributed by atoms with van der Waals surface area (Å²) in [6.45, 7) is 3.69. The number of amides is 1. The van der Waals surface area contributed by atoms with Gasteiger partial charge in [0.1, 0.15) is 5.82 Å². The Morgan fingerprint density at radius 3 is 3.00 bits per heavy atom. The number of aliphatic hydroxyl groups is 1. The van der Waals surface area contributed by atoms with Gasteiger partial charge in [0.25, 0.3) is 0 Å². The third-order valence-electron chi connectivity index (χ3n) is 3.61. The molecule has 1 aromatic carbocycles. The molecule has 0 aromatic heterocycles. The molecule has 1 heterocycles. The van der Waals surface area contributed by atoms with Gasteiger partial charge in [0.05, 0.1) is 25.0 Å². The molecule has 1 aliphatic heterocycles. The quantitative estimate of drug-likeness (QED) is 0.858. The number of hydrogen-bond acceptors (Lipinski definition) is 4. The average molecular weight is 296 g/mol. The molecule has 0 radical (unpaired) electrons. The first kappa shape index (κ1) is 15.9. The predicted molar refractivity (Wildman–Crippen MR) is 77.5 cm³/mol. The Kier molecular flexibility index (Phi) is 5.67. The van der Waals surface area contributed by atoms with E-state index in [-0.39, 0.29) is 36.8 Å². The number of hydrogen-bond donors (Lipinski definition) is 2. The summed E-state index contributed by atoms with van der Waals surface area (Å²) in [4.78, 5) is 14.0. The topological polar surface area (TPSA) is 61.8 Å². The zero-order chi connectivity index (χ0) is 15.2. The third-order valence-corrected chi connectivity index (χ3v) is 3.61. The van der Waals surface area contributed by atoms with Crippen LogP contribution in [0.1, 0.15) is 13.3 Å². The van der Waals surface area contributed by atoms with Gasteiger partial charge in [0, 0.05) is 25.6 Å². The smallest absolute Gasteiger partial charge is 0.225 e. The van der Waals surface area contributed by atoms with Crippen molar-refractivity contribution in [1.29, 1.82) is 0 Å². The maximum atomic E-state index is 13.4. The summed E-state index contributed by atoms with van der Waals surface area (Å²) in [5.41, 5.74) is 0.200. The maximum Gasteiger partial charge on any atom is 0.225 e. The second-order valence-corrected chi connectivity index (χ2v) is 5.26. The van der Waals surface area contributed by atoms with Crippen LogP contribution in [0.4, 0.5) is 10.1 Å². The molecule has 116 valence electrons. The zero-order valence-corrected chi connectivity index (χ0v) is 12.1. The highest BCUT2D eigenvalue weighted by molar-refractivity contribution is 5.90. The summed E-state index contributed by atoms with van der Waals surface area (Å²) < 4.78 is 18.9. The number of benzene rings is 1. The number of morpholine rings is 1. The Labute approximate surface area is 123 Å². The van der Waals surface area contributed by atoms with E-state index in [0.29, 0.717) is 19.7 Å². The molecule has 2 unspecified atom stereocenters. The standard InChI is InChI=1S/C15H21FN2O3/c1-11-10-21-12(9-19)8-18(11)7-6-15(20)17-14-5-3-2-4-13(14)16/h2-5,11-12,19H,6-10H2,1H3,(H,17,20). The molecule has 2 rings (SSSR count). The Morgan fingerprint density at radius 1 is 1.52 bits per heavy atom. The molecule has 1 aromatic rings. The summed E-state index contributed by atoms with van der Waals surface area (Å²) in [5.74, 6) is -0.662. The fourth-order valence-corrected chi connectivity index (χ4v) is 2.32. The van der Waals surface area contributed by atoms with E-state index in [1.54, 1.807) is 12.1 Å². The van der Waals surface area contributed by atoms with Crippen LogP contribution in [0, 0.1) is 5.82 Å². The highest BCUT2D eigenvalue weighted by atomic mass is 19.1. The van der Waals surface area contributed by atoms with Gasteiger partial charge in [0.15, 0.2) is 0 Å². The SMILES string of the molecule is CC1COC(CO)CN1CCC(=O)Nc1ccccc1F. The summed E-state index contributed by atoms with van der Waals surface area (Å²) in [7, 11) is 0. The number of para-hydroxylation sites is 1. The number of aliphatic hydroxyl groups excluding tert-OH is 1. The number of rotatable bonds is 5. The van der Waals surface area contributed by atoms with E-state index < -0.39 is 5.82 Å². The monoisotopic (exact) mass is 296 g/mol. The molecule has 0 aliphatic carbocycles. The van der Waals surface area contributed by atoms with Gasteiger partial charge >= 0.3 is 0 Å². The van der Waals surface area contributed by atoms with Crippen molar-refractivity contribution in [3.8, 4) is 0 Å². The molecule has 0 bridgehead atoms. The van der Waals surface area contributed by atoms with Gasteiger partial charge in [-0.3, -0.25) is 9.69 Å². The lowest BCUT2D eigenvalue weighted by atomic mass is 10.2. The van der Waals surface area contributed by atoms with Crippen LogP contribution in [0.3, 0.4) is 0 Å². The Morgan fingerprint density at radius 2 is 2.29 bits per heavy atom. The van der Waals surface area contributed by atoms with Crippen molar-refractivity contribution in [3.63, 3.8) is 0 Å². The first-order chi connectivity index (χ1) is 10.1. The number of carbonyl (C=O) groups is 1. The number of ether oxygens (including phenoxy) is 1. The summed E-state index contributed by atoms with van der Waals surface area (Å²) >= 11 is 0. The molecular formula is C15H21FN2O3. The van der Waals surface area contributed by atoms with E-state index in [9.17, 15) is 9.18 Å². The van der Waals surface area contributed by atoms with Gasteiger partial charge in [-0.05, 0) is 19.1 Å². The van der Waals surface area contributed by atoms with E-state index in [1.807, 2.05) is 6.92 Å². The minimum absolute atomic E-state index is 0.0232. The van der Waals surface area contributed by atoms with Crippen molar-refractivity contribution in [2.24, 2.45) is 0 Å². The second kappa shape index (κ2) is 7.49. The molecule has 5 nitrogen and oxygen atoms in total. The first-order valence-electron chi connectivity index (χ1n) is 7.11. The predicted octanol–water partition coefficient (Wildman–Crippen LogP) is 1.24. The van der Waals surface area contributed by atoms with Crippen molar-refractivity contribution in [1.82, 2.24) is 4.90 Å². The lowest BCUT2D eigenvalue weighted by Gasteiger charge is -2.37. The molecule has 0 saturated carbocycles. The van der Waals surface area contributed by atoms with Gasteiger partial charge in [-0.2, -0.15) is 0 Å². The first-order valence-corrected chi connectivity index (χ1v) is 7.11. The average Bonchev–Trinajstić information content (AvgIpc) is 2.49. The molecule has 1 fully saturated rings. The fourth-order valence-electron chi connectivity index (χ4n) is 2.32. The van der Waals surface area contributed by atoms with Crippen molar-refractivity contribution >= 4 is 11.6 Å². The van der Waals surface area contributed by atoms with Gasteiger partial charge in [-0.25, -0.2) is 4.39 Å². The largest absolute Gasteiger partial charge is 0.394 e. The van der Waals surface area contributed by atoms with E-state index >= 15 is 0 Å². The number of nitrogens with one attached hydrogen (secondary N) is 1. The number of anilines is 1. The third kappa shape index (κ3) is 4.49. The summed E-state index contributed by atoms with van der Waals surface area (Å²) in [6.07, 6.45) is 0.0763. The summed E-state index contributed by atoms with van der Waals surface area (Å²) in [6, 6.07) is 6.30. The van der Waals surface area contributed by atoms with E-state index in [0.717, 1.165) is 0 Å². The number of carbonyl (C=O) groups excluding carboxylic acids is 1. The molecule has 2 N–H and O–H groups in total. The highest BCUT2D eigenvalue weighted by Gasteiger charge is 2.25. The van der Waals surface area contributed by atoms with Crippen LogP contribution in [0.25, 0.3) is 0 Å². The van der Waals surface area contributed by atoms with Crippen LogP contribution in [-0.2, 0) is 9.53 Å². The van der Waals surface area contributed by atoms with Crippen LogP contribution in [0.15, 0.2) is 24.3 Å². The van der Waals surface area contributed by atoms with E-state index in [4.69, 9.17) is 9.84 Å². The number of nitrogens with zero attached hydrogens (tertiary/aromatic N) is 1. The van der Waals surface area contributed by atoms with Crippen LogP contribution < -0.4 is 5.32 Å². The lowest BCUT2D eigenvalue weighted by molar-refractivity contribution is -0.118. The van der Waals surface area contributed by atoms with E-state index in [1.165, 1.54) is 12.1 Å². The van der Waals surface area contributed by atoms with Gasteiger partial charge < -0.3 is 15.2 Å². The minimum atomic E-state index is -0.439. The Bertz CT molecular complexity index is 484. The molecule has 1 saturated heterocycles. The molecule has 21 heavy (non-hydrogen) atoms. The number of halogens is 1. The van der Waals surface area contributed by atoms with Gasteiger partial charge in [-0.1, -0.05) is 12.1 Å². The van der Waals surface area contributed by atoms with Crippen molar-refractivity contribution in [2.75, 3.05) is 31.6 Å². The molecule has 2 atom stereocenters. The van der Waals surface area contributed by atoms with Crippen molar-refractivity contribution in [3.05, 3.63) is 30.1 Å². The Balaban J connectivity index is 1.82. The molecule has 6 heteroatoms. The highest BCUT2D eigenvalue weighted by Crippen LogP contribution is 2.14. The van der Waals surface area contributed by atoms with Crippen molar-refractivity contribution < 1.29 is 19.0 Å². The van der Waals surface area contributed by atoms with Crippen LogP contribution in [-0.4, -0.2) is 54.4 Å². The van der Waals surface area contributed by atoms with Crippen LogP contribution >= 0.6 is 0 Å². The molecule has 1 amide bonds. The van der Waals surface area contributed by atoms with Crippen LogP contribution in [0.5, 0.6) is 0 Å². The van der Waals surface area contributed by atoms with Gasteiger partial charge in [0.2, 0.25) is 5.91 Å². The maximum absolute atomic E-state index is 13.4. The van der Waals surface area contributed by atoms with Gasteiger partial charge in [-0.15, -0.1) is 0 Å². The van der Waals surface area contributed by atoms with E-state index in [2.05, 4.69) is 10.2 Å². The zero-order valence-electron chi connectivity index (χ0n) is 12.1. The Hall–Kier alpha value is -1.50. The summed E-state index contributed by atoms with van der Waals surface area (Å²) in [5, 5.41) is 11.7. The normalized spacial score (nSPS) is 23.0. The lowest BCUT2D eigenvalue weighted by Crippen LogP contribution is -2.50. The molecule has 0 spiro atoms. The molecular weight excluding hydrogens is 275 g/mol. The second-order valence-electron chi connectivity index (χ2n) is 5.26. The minimum Gasteiger partial charge on any atom is -0.394 e. The fraction of sp³-hybridized carbons (Fsp3) is 0.533. The van der Waals surface area contributed by atoms with Crippen LogP contribution in [0.2, 0.25) is 0 Å². The molecule has 1 aliphatic rings.